The van der Waals surface area contributed by atoms with E-state index in [1.807, 2.05) is 14.9 Å². The number of nitrogens with one attached hydrogen (secondary N) is 1. The minimum Gasteiger partial charge on any atom is -0.463 e. The summed E-state index contributed by atoms with van der Waals surface area (Å²) in [5.74, 6) is -0.334. The highest BCUT2D eigenvalue weighted by atomic mass is 16.6. The summed E-state index contributed by atoms with van der Waals surface area (Å²) in [7, 11) is 3.87. The van der Waals surface area contributed by atoms with Crippen LogP contribution < -0.4 is 5.32 Å². The summed E-state index contributed by atoms with van der Waals surface area (Å²) in [6.45, 7) is 1.72. The van der Waals surface area contributed by atoms with Crippen LogP contribution in [0.15, 0.2) is 0 Å². The van der Waals surface area contributed by atoms with Crippen molar-refractivity contribution in [2.45, 2.75) is 44.3 Å². The third-order valence-electron chi connectivity index (χ3n) is 2.90. The van der Waals surface area contributed by atoms with E-state index in [0.29, 0.717) is 0 Å². The molecule has 3 atom stereocenters. The van der Waals surface area contributed by atoms with E-state index < -0.39 is 0 Å². The van der Waals surface area contributed by atoms with E-state index in [1.54, 1.807) is 0 Å². The summed E-state index contributed by atoms with van der Waals surface area (Å²) in [6, 6.07) is 0.416. The Morgan fingerprint density at radius 1 is 1.47 bits per heavy atom. The van der Waals surface area contributed by atoms with Crippen molar-refractivity contribution in [2.24, 2.45) is 0 Å². The highest BCUT2D eigenvalue weighted by Gasteiger charge is 2.32. The second-order valence-electron chi connectivity index (χ2n) is 4.50. The predicted octanol–water partition coefficient (Wildman–Crippen LogP) is -0.765. The van der Waals surface area contributed by atoms with Gasteiger partial charge in [-0.3, -0.25) is 4.79 Å². The number of hydrogen-bond acceptors (Lipinski definition) is 5. The van der Waals surface area contributed by atoms with Gasteiger partial charge >= 0.3 is 5.97 Å². The molecule has 1 aliphatic rings. The Balaban J connectivity index is 2.25. The summed E-state index contributed by atoms with van der Waals surface area (Å²) < 4.78 is 10.7. The quantitative estimate of drug-likeness (QED) is 0.489. The first-order valence-electron chi connectivity index (χ1n) is 6.00. The zero-order valence-corrected chi connectivity index (χ0v) is 10.7. The number of Topliss-reactive ketones (excluding diaryl/α,β-unsaturated/α-hetero) is 1. The first kappa shape index (κ1) is 14.2. The molecule has 17 heavy (non-hydrogen) atoms. The highest BCUT2D eigenvalue weighted by molar-refractivity contribution is 6.11. The molecule has 96 valence electrons. The Labute approximate surface area is 103 Å². The maximum Gasteiger partial charge on any atom is 0.306 e. The van der Waals surface area contributed by atoms with Crippen LogP contribution in [0, 0.1) is 0 Å². The van der Waals surface area contributed by atoms with Crippen LogP contribution in [-0.4, -0.2) is 51.4 Å². The smallest absolute Gasteiger partial charge is 0.306 e. The lowest BCUT2D eigenvalue weighted by atomic mass is 9.95. The Morgan fingerprint density at radius 2 is 2.18 bits per heavy atom. The lowest BCUT2D eigenvalue weighted by molar-refractivity contribution is -0.148. The molecule has 0 bridgehead atoms. The highest BCUT2D eigenvalue weighted by Crippen LogP contribution is 2.18. The van der Waals surface area contributed by atoms with Crippen molar-refractivity contribution in [1.29, 1.82) is 0 Å². The van der Waals surface area contributed by atoms with E-state index in [-0.39, 0.29) is 49.4 Å². The molecule has 1 aliphatic heterocycles. The Hall–Kier alpha value is -0.875. The van der Waals surface area contributed by atoms with Gasteiger partial charge in [-0.2, -0.15) is 0 Å². The number of hydrogen-bond donors (Lipinski definition) is 1. The second kappa shape index (κ2) is 6.76. The SMILES string of the molecule is B[C@H]1C[C@H](NC)[C@@H](COC(=O)CCC(C)=O)O1. The van der Waals surface area contributed by atoms with Gasteiger partial charge in [0.05, 0.1) is 6.42 Å². The van der Waals surface area contributed by atoms with Crippen molar-refractivity contribution in [1.82, 2.24) is 5.32 Å². The fourth-order valence-electron chi connectivity index (χ4n) is 1.94. The second-order valence-corrected chi connectivity index (χ2v) is 4.50. The Morgan fingerprint density at radius 3 is 2.76 bits per heavy atom. The molecule has 1 heterocycles. The lowest BCUT2D eigenvalue weighted by Gasteiger charge is -2.17. The normalized spacial score (nSPS) is 28.0. The number of carbonyl (C=O) groups excluding carboxylic acids is 2. The third-order valence-corrected chi connectivity index (χ3v) is 2.90. The maximum atomic E-state index is 11.3. The van der Waals surface area contributed by atoms with Crippen molar-refractivity contribution in [3.05, 3.63) is 0 Å². The molecule has 1 rings (SSSR count). The molecule has 0 aromatic rings. The molecule has 1 saturated heterocycles. The maximum absolute atomic E-state index is 11.3. The van der Waals surface area contributed by atoms with Crippen molar-refractivity contribution in [3.63, 3.8) is 0 Å². The van der Waals surface area contributed by atoms with Crippen LogP contribution in [0.1, 0.15) is 26.2 Å². The van der Waals surface area contributed by atoms with Gasteiger partial charge in [-0.25, -0.2) is 0 Å². The minimum atomic E-state index is -0.335. The van der Waals surface area contributed by atoms with Crippen LogP contribution in [0.3, 0.4) is 0 Å². The Bertz CT molecular complexity index is 285. The molecule has 5 nitrogen and oxygen atoms in total. The van der Waals surface area contributed by atoms with Gasteiger partial charge in [-0.15, -0.1) is 0 Å². The zero-order valence-electron chi connectivity index (χ0n) is 10.7. The van der Waals surface area contributed by atoms with E-state index in [2.05, 4.69) is 5.32 Å². The van der Waals surface area contributed by atoms with E-state index in [1.165, 1.54) is 6.92 Å². The number of ketones is 1. The van der Waals surface area contributed by atoms with Gasteiger partial charge in [0.1, 0.15) is 26.3 Å². The van der Waals surface area contributed by atoms with Crippen LogP contribution >= 0.6 is 0 Å². The molecule has 1 N–H and O–H groups in total. The summed E-state index contributed by atoms with van der Waals surface area (Å²) >= 11 is 0. The van der Waals surface area contributed by atoms with Gasteiger partial charge < -0.3 is 19.6 Å². The number of ether oxygens (including phenoxy) is 2. The summed E-state index contributed by atoms with van der Waals surface area (Å²) in [5.41, 5.74) is 0. The third kappa shape index (κ3) is 4.87. The number of carbonyl (C=O) groups is 2. The molecule has 0 spiro atoms. The van der Waals surface area contributed by atoms with Crippen LogP contribution in [0.2, 0.25) is 0 Å². The summed E-state index contributed by atoms with van der Waals surface area (Å²) in [6.07, 6.45) is 1.24. The average molecular weight is 241 g/mol. The van der Waals surface area contributed by atoms with Crippen molar-refractivity contribution in [2.75, 3.05) is 13.7 Å². The van der Waals surface area contributed by atoms with E-state index in [4.69, 9.17) is 9.47 Å². The van der Waals surface area contributed by atoms with Crippen molar-refractivity contribution >= 4 is 19.6 Å². The minimum absolute atomic E-state index is 0.000731. The van der Waals surface area contributed by atoms with Crippen molar-refractivity contribution < 1.29 is 19.1 Å². The van der Waals surface area contributed by atoms with E-state index in [0.717, 1.165) is 6.42 Å². The molecule has 1 fully saturated rings. The molecule has 0 aliphatic carbocycles. The van der Waals surface area contributed by atoms with Gasteiger partial charge in [0.15, 0.2) is 0 Å². The molecule has 0 amide bonds. The zero-order chi connectivity index (χ0) is 12.8. The molecule has 0 aromatic heterocycles. The fraction of sp³-hybridized carbons (Fsp3) is 0.818. The molecule has 0 unspecified atom stereocenters. The molecular weight excluding hydrogens is 221 g/mol. The average Bonchev–Trinajstić information content (AvgIpc) is 2.64. The number of esters is 1. The van der Waals surface area contributed by atoms with Crippen LogP contribution in [0.25, 0.3) is 0 Å². The van der Waals surface area contributed by atoms with Gasteiger partial charge in [0.25, 0.3) is 0 Å². The molecular formula is C11H20BNO4. The van der Waals surface area contributed by atoms with Gasteiger partial charge in [0.2, 0.25) is 0 Å². The van der Waals surface area contributed by atoms with Crippen LogP contribution in [-0.2, 0) is 19.1 Å². The van der Waals surface area contributed by atoms with Gasteiger partial charge in [-0.1, -0.05) is 0 Å². The predicted molar refractivity (Wildman–Crippen MR) is 65.5 cm³/mol. The molecule has 0 aromatic carbocycles. The first-order valence-corrected chi connectivity index (χ1v) is 6.00. The molecule has 0 radical (unpaired) electrons. The van der Waals surface area contributed by atoms with E-state index in [9.17, 15) is 9.59 Å². The number of rotatable bonds is 6. The van der Waals surface area contributed by atoms with Crippen LogP contribution in [0.5, 0.6) is 0 Å². The Kier molecular flexibility index (Phi) is 5.64. The van der Waals surface area contributed by atoms with Gasteiger partial charge in [-0.05, 0) is 20.4 Å². The summed E-state index contributed by atoms with van der Waals surface area (Å²) in [5, 5.41) is 3.15. The van der Waals surface area contributed by atoms with Crippen molar-refractivity contribution in [3.8, 4) is 0 Å². The van der Waals surface area contributed by atoms with E-state index >= 15 is 0 Å². The topological polar surface area (TPSA) is 64.6 Å². The largest absolute Gasteiger partial charge is 0.463 e. The fourth-order valence-corrected chi connectivity index (χ4v) is 1.94. The molecule has 0 saturated carbocycles. The molecule has 6 heteroatoms. The van der Waals surface area contributed by atoms with Gasteiger partial charge in [0, 0.05) is 18.5 Å². The standard InChI is InChI=1S/C11H20BNO4/c1-7(14)3-4-11(15)16-6-9-8(13-2)5-10(12)17-9/h8-10,13H,3-6,12H2,1-2H3/t8-,9+,10+/m0/s1. The van der Waals surface area contributed by atoms with Crippen LogP contribution in [0.4, 0.5) is 0 Å². The first-order chi connectivity index (χ1) is 8.02. The lowest BCUT2D eigenvalue weighted by Crippen LogP contribution is -2.37. The number of likely N-dealkylation sites (N-methyl/N-ethyl adjacent to an activating group) is 1. The monoisotopic (exact) mass is 241 g/mol. The summed E-state index contributed by atoms with van der Waals surface area (Å²) in [4.78, 5) is 22.0.